The van der Waals surface area contributed by atoms with Crippen LogP contribution >= 0.6 is 0 Å². The van der Waals surface area contributed by atoms with Crippen LogP contribution in [0.15, 0.2) is 6.07 Å². The van der Waals surface area contributed by atoms with Crippen LogP contribution in [0.1, 0.15) is 41.7 Å². The molecule has 0 aliphatic heterocycles. The van der Waals surface area contributed by atoms with Gasteiger partial charge in [0.25, 0.3) is 0 Å². The molecule has 0 radical (unpaired) electrons. The van der Waals surface area contributed by atoms with Crippen molar-refractivity contribution in [3.8, 4) is 0 Å². The van der Waals surface area contributed by atoms with Crippen LogP contribution in [0.2, 0.25) is 0 Å². The lowest BCUT2D eigenvalue weighted by Crippen LogP contribution is -2.27. The molecule has 0 heterocycles. The molecule has 1 N–H and O–H groups in total. The van der Waals surface area contributed by atoms with Crippen molar-refractivity contribution in [3.63, 3.8) is 0 Å². The number of carboxylic acid groups (broad SMARTS) is 1. The monoisotopic (exact) mass is 234 g/mol. The zero-order chi connectivity index (χ0) is 13.4. The molecule has 0 aromatic heterocycles. The van der Waals surface area contributed by atoms with Gasteiger partial charge in [-0.05, 0) is 75.8 Å². The minimum absolute atomic E-state index is 0.586. The first-order chi connectivity index (χ1) is 7.66. The van der Waals surface area contributed by atoms with Crippen LogP contribution in [0.4, 0.5) is 0 Å². The Bertz CT molecular complexity index is 430. The van der Waals surface area contributed by atoms with Gasteiger partial charge in [0.05, 0.1) is 5.41 Å². The quantitative estimate of drug-likeness (QED) is 0.868. The summed E-state index contributed by atoms with van der Waals surface area (Å²) in [6.07, 6.45) is 0.586. The summed E-state index contributed by atoms with van der Waals surface area (Å²) in [4.78, 5) is 11.2. The Hall–Kier alpha value is -1.31. The van der Waals surface area contributed by atoms with E-state index in [0.29, 0.717) is 6.42 Å². The molecule has 0 amide bonds. The van der Waals surface area contributed by atoms with E-state index in [1.54, 1.807) is 13.8 Å². The highest BCUT2D eigenvalue weighted by atomic mass is 16.4. The molecule has 0 saturated carbocycles. The first-order valence-electron chi connectivity index (χ1n) is 5.96. The van der Waals surface area contributed by atoms with E-state index in [9.17, 15) is 9.90 Å². The first-order valence-corrected chi connectivity index (χ1v) is 5.96. The molecule has 1 rings (SSSR count). The second-order valence-electron chi connectivity index (χ2n) is 5.60. The lowest BCUT2D eigenvalue weighted by atomic mass is 9.81. The lowest BCUT2D eigenvalue weighted by Gasteiger charge is -2.23. The van der Waals surface area contributed by atoms with E-state index in [1.807, 2.05) is 0 Å². The van der Waals surface area contributed by atoms with Crippen molar-refractivity contribution in [1.29, 1.82) is 0 Å². The zero-order valence-electron chi connectivity index (χ0n) is 11.6. The summed E-state index contributed by atoms with van der Waals surface area (Å²) in [5, 5.41) is 9.22. The van der Waals surface area contributed by atoms with Crippen LogP contribution < -0.4 is 0 Å². The molecule has 0 unspecified atom stereocenters. The Balaban J connectivity index is 3.28. The van der Waals surface area contributed by atoms with Gasteiger partial charge in [-0.3, -0.25) is 4.79 Å². The number of hydrogen-bond donors (Lipinski definition) is 1. The van der Waals surface area contributed by atoms with Crippen LogP contribution in [-0.2, 0) is 11.2 Å². The van der Waals surface area contributed by atoms with Crippen LogP contribution in [0.5, 0.6) is 0 Å². The highest BCUT2D eigenvalue weighted by molar-refractivity contribution is 5.74. The number of carbonyl (C=O) groups is 1. The molecule has 0 atom stereocenters. The molecule has 2 heteroatoms. The number of hydrogen-bond acceptors (Lipinski definition) is 1. The molecule has 1 aromatic rings. The Morgan fingerprint density at radius 3 is 1.88 bits per heavy atom. The minimum Gasteiger partial charge on any atom is -0.481 e. The molecule has 94 valence electrons. The van der Waals surface area contributed by atoms with E-state index < -0.39 is 11.4 Å². The summed E-state index contributed by atoms with van der Waals surface area (Å²) in [6, 6.07) is 2.17. The maximum Gasteiger partial charge on any atom is 0.309 e. The van der Waals surface area contributed by atoms with Gasteiger partial charge in [0.2, 0.25) is 0 Å². The fourth-order valence-electron chi connectivity index (χ4n) is 2.08. The van der Waals surface area contributed by atoms with Gasteiger partial charge in [0.1, 0.15) is 0 Å². The number of benzene rings is 1. The summed E-state index contributed by atoms with van der Waals surface area (Å²) in [5.74, 6) is -0.740. The van der Waals surface area contributed by atoms with Crippen molar-refractivity contribution in [2.75, 3.05) is 0 Å². The number of aryl methyl sites for hydroxylation is 2. The van der Waals surface area contributed by atoms with Crippen molar-refractivity contribution in [3.05, 3.63) is 33.9 Å². The molecule has 0 bridgehead atoms. The average molecular weight is 234 g/mol. The number of aliphatic carboxylic acids is 1. The third-order valence-electron chi connectivity index (χ3n) is 3.72. The molecule has 17 heavy (non-hydrogen) atoms. The topological polar surface area (TPSA) is 37.3 Å². The van der Waals surface area contributed by atoms with Gasteiger partial charge < -0.3 is 5.11 Å². The summed E-state index contributed by atoms with van der Waals surface area (Å²) >= 11 is 0. The molecular weight excluding hydrogens is 212 g/mol. The van der Waals surface area contributed by atoms with E-state index in [2.05, 4.69) is 33.8 Å². The molecule has 0 aliphatic carbocycles. The maximum atomic E-state index is 11.2. The van der Waals surface area contributed by atoms with Gasteiger partial charge in [0, 0.05) is 0 Å². The van der Waals surface area contributed by atoms with Gasteiger partial charge in [0.15, 0.2) is 0 Å². The molecule has 0 saturated heterocycles. The number of rotatable bonds is 3. The highest BCUT2D eigenvalue weighted by Crippen LogP contribution is 2.29. The van der Waals surface area contributed by atoms with Crippen LogP contribution in [0.3, 0.4) is 0 Å². The summed E-state index contributed by atoms with van der Waals surface area (Å²) in [6.45, 7) is 11.9. The zero-order valence-corrected chi connectivity index (χ0v) is 11.6. The van der Waals surface area contributed by atoms with Crippen LogP contribution in [0.25, 0.3) is 0 Å². The van der Waals surface area contributed by atoms with Crippen molar-refractivity contribution in [2.24, 2.45) is 5.41 Å². The van der Waals surface area contributed by atoms with Gasteiger partial charge >= 0.3 is 5.97 Å². The molecular formula is C15H22O2. The number of carboxylic acids is 1. The van der Waals surface area contributed by atoms with E-state index in [1.165, 1.54) is 27.8 Å². The lowest BCUT2D eigenvalue weighted by molar-refractivity contribution is -0.146. The Labute approximate surface area is 104 Å². The second kappa shape index (κ2) is 4.52. The fraction of sp³-hybridized carbons (Fsp3) is 0.533. The van der Waals surface area contributed by atoms with Crippen molar-refractivity contribution >= 4 is 5.97 Å². The molecule has 0 fully saturated rings. The second-order valence-corrected chi connectivity index (χ2v) is 5.60. The highest BCUT2D eigenvalue weighted by Gasteiger charge is 2.29. The normalized spacial score (nSPS) is 11.6. The molecule has 1 aromatic carbocycles. The standard InChI is InChI=1S/C15H22O2/c1-9-7-10(2)12(4)13(11(9)3)8-15(5,6)14(16)17/h7H,8H2,1-6H3,(H,16,17). The van der Waals surface area contributed by atoms with Crippen molar-refractivity contribution in [2.45, 2.75) is 48.0 Å². The van der Waals surface area contributed by atoms with E-state index in [4.69, 9.17) is 0 Å². The summed E-state index contributed by atoms with van der Waals surface area (Å²) in [5.41, 5.74) is 5.41. The Kier molecular flexibility index (Phi) is 3.65. The van der Waals surface area contributed by atoms with Crippen molar-refractivity contribution < 1.29 is 9.90 Å². The Morgan fingerprint density at radius 2 is 1.53 bits per heavy atom. The summed E-state index contributed by atoms with van der Waals surface area (Å²) < 4.78 is 0. The fourth-order valence-corrected chi connectivity index (χ4v) is 2.08. The van der Waals surface area contributed by atoms with Gasteiger partial charge in [-0.1, -0.05) is 6.07 Å². The molecule has 2 nitrogen and oxygen atoms in total. The third-order valence-corrected chi connectivity index (χ3v) is 3.72. The Morgan fingerprint density at radius 1 is 1.12 bits per heavy atom. The van der Waals surface area contributed by atoms with Gasteiger partial charge in [-0.2, -0.15) is 0 Å². The third kappa shape index (κ3) is 2.68. The molecule has 0 spiro atoms. The molecule has 0 aliphatic rings. The van der Waals surface area contributed by atoms with Crippen LogP contribution in [0, 0.1) is 33.1 Å². The van der Waals surface area contributed by atoms with Crippen molar-refractivity contribution in [1.82, 2.24) is 0 Å². The van der Waals surface area contributed by atoms with E-state index >= 15 is 0 Å². The van der Waals surface area contributed by atoms with Crippen LogP contribution in [-0.4, -0.2) is 11.1 Å². The first kappa shape index (κ1) is 13.8. The smallest absolute Gasteiger partial charge is 0.309 e. The predicted octanol–water partition coefficient (Wildman–Crippen LogP) is 3.57. The predicted molar refractivity (Wildman–Crippen MR) is 70.5 cm³/mol. The summed E-state index contributed by atoms with van der Waals surface area (Å²) in [7, 11) is 0. The van der Waals surface area contributed by atoms with Gasteiger partial charge in [-0.25, -0.2) is 0 Å². The SMILES string of the molecule is Cc1cc(C)c(C)c(CC(C)(C)C(=O)O)c1C. The minimum atomic E-state index is -0.740. The van der Waals surface area contributed by atoms with E-state index in [0.717, 1.165) is 0 Å². The van der Waals surface area contributed by atoms with Gasteiger partial charge in [-0.15, -0.1) is 0 Å². The maximum absolute atomic E-state index is 11.2. The van der Waals surface area contributed by atoms with E-state index in [-0.39, 0.29) is 0 Å². The largest absolute Gasteiger partial charge is 0.481 e. The average Bonchev–Trinajstić information content (AvgIpc) is 2.21.